The van der Waals surface area contributed by atoms with E-state index in [2.05, 4.69) is 27.7 Å². The van der Waals surface area contributed by atoms with Gasteiger partial charge in [0.1, 0.15) is 5.82 Å². The zero-order valence-corrected chi connectivity index (χ0v) is 14.3. The van der Waals surface area contributed by atoms with Crippen molar-refractivity contribution in [2.24, 2.45) is 0 Å². The van der Waals surface area contributed by atoms with Gasteiger partial charge < -0.3 is 4.98 Å². The lowest BCUT2D eigenvalue weighted by Gasteiger charge is -2.02. The van der Waals surface area contributed by atoms with Crippen molar-refractivity contribution in [2.45, 2.75) is 84.0 Å². The predicted octanol–water partition coefficient (Wildman–Crippen LogP) is 6.48. The van der Waals surface area contributed by atoms with Gasteiger partial charge in [-0.05, 0) is 6.42 Å². The second-order valence-electron chi connectivity index (χ2n) is 6.14. The molecule has 1 N–H and O–H groups in total. The lowest BCUT2D eigenvalue weighted by atomic mass is 10.1. The van der Waals surface area contributed by atoms with E-state index in [0.717, 1.165) is 11.9 Å². The van der Waals surface area contributed by atoms with Crippen molar-refractivity contribution in [3.05, 3.63) is 16.6 Å². The van der Waals surface area contributed by atoms with E-state index >= 15 is 0 Å². The number of aromatic amines is 1. The molecule has 118 valence electrons. The minimum Gasteiger partial charge on any atom is -0.341 e. The fraction of sp³-hybridized carbons (Fsp3) is 0.722. The first-order chi connectivity index (χ1) is 10.4. The van der Waals surface area contributed by atoms with Gasteiger partial charge in [-0.1, -0.05) is 71.1 Å². The maximum Gasteiger partial charge on any atom is 0.107 e. The number of hydrogen-bond donors (Lipinski definition) is 1. The van der Waals surface area contributed by atoms with E-state index in [-0.39, 0.29) is 0 Å². The second-order valence-corrected chi connectivity index (χ2v) is 6.88. The van der Waals surface area contributed by atoms with Gasteiger partial charge in [0.2, 0.25) is 0 Å². The van der Waals surface area contributed by atoms with Crippen LogP contribution in [0.4, 0.5) is 0 Å². The summed E-state index contributed by atoms with van der Waals surface area (Å²) in [7, 11) is 0. The molecule has 0 radical (unpaired) electrons. The number of thiophene rings is 1. The fourth-order valence-electron chi connectivity index (χ4n) is 2.87. The number of rotatable bonds is 12. The van der Waals surface area contributed by atoms with Crippen molar-refractivity contribution in [1.82, 2.24) is 9.97 Å². The van der Waals surface area contributed by atoms with Crippen LogP contribution in [0.3, 0.4) is 0 Å². The largest absolute Gasteiger partial charge is 0.341 e. The lowest BCUT2D eigenvalue weighted by Crippen LogP contribution is -1.89. The molecule has 0 aliphatic rings. The summed E-state index contributed by atoms with van der Waals surface area (Å²) in [6, 6.07) is 0. The highest BCUT2D eigenvalue weighted by Crippen LogP contribution is 2.17. The quantitative estimate of drug-likeness (QED) is 0.447. The number of imidazole rings is 1. The van der Waals surface area contributed by atoms with Gasteiger partial charge in [-0.3, -0.25) is 0 Å². The smallest absolute Gasteiger partial charge is 0.107 e. The Balaban J connectivity index is 1.41. The fourth-order valence-corrected chi connectivity index (χ4v) is 3.57. The Morgan fingerprint density at radius 2 is 1.48 bits per heavy atom. The van der Waals surface area contributed by atoms with Gasteiger partial charge in [0.05, 0.1) is 11.0 Å². The first-order valence-corrected chi connectivity index (χ1v) is 9.75. The molecule has 0 atom stereocenters. The molecule has 0 bridgehead atoms. The van der Waals surface area contributed by atoms with E-state index in [1.54, 1.807) is 11.3 Å². The Bertz CT molecular complexity index is 458. The van der Waals surface area contributed by atoms with Gasteiger partial charge in [-0.2, -0.15) is 0 Å². The molecule has 2 nitrogen and oxygen atoms in total. The molecule has 2 heterocycles. The zero-order chi connectivity index (χ0) is 14.8. The Morgan fingerprint density at radius 1 is 0.857 bits per heavy atom. The van der Waals surface area contributed by atoms with Crippen molar-refractivity contribution in [3.63, 3.8) is 0 Å². The molecule has 0 saturated heterocycles. The van der Waals surface area contributed by atoms with Crippen LogP contribution in [0.1, 0.15) is 83.4 Å². The minimum absolute atomic E-state index is 1.11. The van der Waals surface area contributed by atoms with Crippen LogP contribution in [0.15, 0.2) is 10.8 Å². The van der Waals surface area contributed by atoms with Crippen LogP contribution in [-0.4, -0.2) is 9.97 Å². The van der Waals surface area contributed by atoms with Gasteiger partial charge in [-0.25, -0.2) is 4.98 Å². The number of nitrogens with one attached hydrogen (secondary N) is 1. The third-order valence-corrected chi connectivity index (χ3v) is 4.92. The summed E-state index contributed by atoms with van der Waals surface area (Å²) in [4.78, 5) is 8.02. The van der Waals surface area contributed by atoms with Crippen LogP contribution >= 0.6 is 11.3 Å². The molecule has 0 saturated carbocycles. The maximum absolute atomic E-state index is 4.61. The van der Waals surface area contributed by atoms with Crippen molar-refractivity contribution < 1.29 is 0 Å². The molecule has 0 aliphatic carbocycles. The number of aryl methyl sites for hydroxylation is 1. The van der Waals surface area contributed by atoms with Crippen LogP contribution < -0.4 is 0 Å². The van der Waals surface area contributed by atoms with Crippen LogP contribution in [0.2, 0.25) is 0 Å². The first-order valence-electron chi connectivity index (χ1n) is 8.81. The average molecular weight is 307 g/mol. The molecule has 2 aromatic heterocycles. The van der Waals surface area contributed by atoms with E-state index in [4.69, 9.17) is 0 Å². The number of H-pyrrole nitrogens is 1. The number of nitrogens with zero attached hydrogens (tertiary/aromatic N) is 1. The summed E-state index contributed by atoms with van der Waals surface area (Å²) in [6.07, 6.45) is 16.5. The van der Waals surface area contributed by atoms with Crippen LogP contribution in [-0.2, 0) is 6.42 Å². The summed E-state index contributed by atoms with van der Waals surface area (Å²) >= 11 is 1.72. The van der Waals surface area contributed by atoms with Crippen LogP contribution in [0.25, 0.3) is 11.0 Å². The molecular weight excluding hydrogens is 276 g/mol. The molecule has 2 rings (SSSR count). The summed E-state index contributed by atoms with van der Waals surface area (Å²) in [5.41, 5.74) is 2.34. The average Bonchev–Trinajstić information content (AvgIpc) is 3.06. The van der Waals surface area contributed by atoms with Crippen LogP contribution in [0.5, 0.6) is 0 Å². The predicted molar refractivity (Wildman–Crippen MR) is 94.1 cm³/mol. The number of hydrogen-bond acceptors (Lipinski definition) is 2. The highest BCUT2D eigenvalue weighted by Gasteiger charge is 2.02. The summed E-state index contributed by atoms with van der Waals surface area (Å²) in [5, 5.41) is 4.27. The standard InChI is InChI=1S/C18H30N2S/c1-2-3-4-5-6-7-8-9-10-11-12-13-18-19-16-14-21-15-17(16)20-18/h14-15H,2-13H2,1H3,(H,19,20). The number of aromatic nitrogens is 2. The van der Waals surface area contributed by atoms with E-state index in [1.807, 2.05) is 0 Å². The van der Waals surface area contributed by atoms with E-state index in [9.17, 15) is 0 Å². The monoisotopic (exact) mass is 306 g/mol. The summed E-state index contributed by atoms with van der Waals surface area (Å²) in [6.45, 7) is 2.28. The van der Waals surface area contributed by atoms with Crippen molar-refractivity contribution in [3.8, 4) is 0 Å². The normalized spacial score (nSPS) is 11.5. The van der Waals surface area contributed by atoms with Gasteiger partial charge in [0, 0.05) is 17.2 Å². The topological polar surface area (TPSA) is 28.7 Å². The molecule has 0 amide bonds. The van der Waals surface area contributed by atoms with E-state index < -0.39 is 0 Å². The van der Waals surface area contributed by atoms with Gasteiger partial charge in [0.25, 0.3) is 0 Å². The molecule has 0 unspecified atom stereocenters. The third-order valence-electron chi connectivity index (χ3n) is 4.19. The van der Waals surface area contributed by atoms with Crippen molar-refractivity contribution >= 4 is 22.4 Å². The molecule has 0 fully saturated rings. The van der Waals surface area contributed by atoms with Crippen molar-refractivity contribution in [1.29, 1.82) is 0 Å². The molecule has 0 aromatic carbocycles. The SMILES string of the molecule is CCCCCCCCCCCCCc1nc2cscc2[nH]1. The Labute approximate surface area is 133 Å². The number of unbranched alkanes of at least 4 members (excludes halogenated alkanes) is 10. The lowest BCUT2D eigenvalue weighted by molar-refractivity contribution is 0.548. The van der Waals surface area contributed by atoms with Crippen molar-refractivity contribution in [2.75, 3.05) is 0 Å². The Morgan fingerprint density at radius 3 is 2.10 bits per heavy atom. The highest BCUT2D eigenvalue weighted by atomic mass is 32.1. The molecule has 2 aromatic rings. The van der Waals surface area contributed by atoms with Gasteiger partial charge in [-0.15, -0.1) is 11.3 Å². The summed E-state index contributed by atoms with van der Waals surface area (Å²) < 4.78 is 0. The second kappa shape index (κ2) is 9.99. The molecule has 21 heavy (non-hydrogen) atoms. The first kappa shape index (κ1) is 16.5. The number of fused-ring (bicyclic) bond motifs is 1. The molecular formula is C18H30N2S. The van der Waals surface area contributed by atoms with Crippen LogP contribution in [0, 0.1) is 0 Å². The minimum atomic E-state index is 1.11. The maximum atomic E-state index is 4.61. The van der Waals surface area contributed by atoms with Gasteiger partial charge in [0.15, 0.2) is 0 Å². The molecule has 0 spiro atoms. The molecule has 3 heteroatoms. The third kappa shape index (κ3) is 6.21. The van der Waals surface area contributed by atoms with E-state index in [1.165, 1.54) is 82.0 Å². The Kier molecular flexibility index (Phi) is 7.87. The van der Waals surface area contributed by atoms with E-state index in [0.29, 0.717) is 0 Å². The zero-order valence-electron chi connectivity index (χ0n) is 13.5. The Hall–Kier alpha value is -0.830. The highest BCUT2D eigenvalue weighted by molar-refractivity contribution is 7.09. The van der Waals surface area contributed by atoms with Gasteiger partial charge >= 0.3 is 0 Å². The summed E-state index contributed by atoms with van der Waals surface area (Å²) in [5.74, 6) is 1.17. The molecule has 0 aliphatic heterocycles.